The molecule has 0 spiro atoms. The van der Waals surface area contributed by atoms with E-state index < -0.39 is 0 Å². The number of hydrogen-bond donors (Lipinski definition) is 0. The average Bonchev–Trinajstić information content (AvgIpc) is 3.16. The lowest BCUT2D eigenvalue weighted by Crippen LogP contribution is -2.26. The van der Waals surface area contributed by atoms with Crippen molar-refractivity contribution in [2.24, 2.45) is 5.92 Å². The Morgan fingerprint density at radius 3 is 2.38 bits per heavy atom. The van der Waals surface area contributed by atoms with E-state index in [-0.39, 0.29) is 24.2 Å². The summed E-state index contributed by atoms with van der Waals surface area (Å²) in [5.74, 6) is -0.667. The highest BCUT2D eigenvalue weighted by Gasteiger charge is 2.35. The molecule has 0 aromatic heterocycles. The largest absolute Gasteiger partial charge is 0.469 e. The third-order valence-electron chi connectivity index (χ3n) is 4.29. The molecule has 2 aliphatic heterocycles. The highest BCUT2D eigenvalue weighted by atomic mass is 16.5. The third-order valence-corrected chi connectivity index (χ3v) is 4.29. The number of benzene rings is 1. The zero-order valence-electron chi connectivity index (χ0n) is 12.2. The zero-order chi connectivity index (χ0) is 14.8. The lowest BCUT2D eigenvalue weighted by atomic mass is 10.1. The summed E-state index contributed by atoms with van der Waals surface area (Å²) in [5.41, 5.74) is 2.06. The predicted octanol–water partition coefficient (Wildman–Crippen LogP) is 1.81. The maximum absolute atomic E-state index is 12.1. The van der Waals surface area contributed by atoms with Gasteiger partial charge in [-0.15, -0.1) is 0 Å². The Morgan fingerprint density at radius 1 is 1.14 bits per heavy atom. The van der Waals surface area contributed by atoms with Gasteiger partial charge in [0.2, 0.25) is 5.91 Å². The van der Waals surface area contributed by atoms with Gasteiger partial charge in [0.1, 0.15) is 0 Å². The minimum absolute atomic E-state index is 0.0145. The maximum atomic E-state index is 12.1. The Balaban J connectivity index is 1.72. The van der Waals surface area contributed by atoms with Crippen LogP contribution < -0.4 is 9.80 Å². The Hall–Kier alpha value is -2.04. The van der Waals surface area contributed by atoms with Gasteiger partial charge >= 0.3 is 5.97 Å². The van der Waals surface area contributed by atoms with Gasteiger partial charge in [0.05, 0.1) is 13.0 Å². The highest BCUT2D eigenvalue weighted by molar-refractivity contribution is 5.99. The van der Waals surface area contributed by atoms with Crippen molar-refractivity contribution in [1.82, 2.24) is 0 Å². The molecule has 0 aliphatic carbocycles. The van der Waals surface area contributed by atoms with Crippen molar-refractivity contribution >= 4 is 23.3 Å². The molecule has 1 atom stereocenters. The number of esters is 1. The molecule has 0 bridgehead atoms. The van der Waals surface area contributed by atoms with Crippen molar-refractivity contribution in [1.29, 1.82) is 0 Å². The van der Waals surface area contributed by atoms with Crippen molar-refractivity contribution < 1.29 is 14.3 Å². The van der Waals surface area contributed by atoms with Crippen molar-refractivity contribution in [3.05, 3.63) is 24.3 Å². The summed E-state index contributed by atoms with van der Waals surface area (Å²) in [6, 6.07) is 8.04. The molecule has 21 heavy (non-hydrogen) atoms. The van der Waals surface area contributed by atoms with E-state index in [0.717, 1.165) is 18.8 Å². The van der Waals surface area contributed by atoms with Crippen LogP contribution in [0.5, 0.6) is 0 Å². The SMILES string of the molecule is COC(=O)[C@H]1CC(=O)N(c2ccc(N3CCCC3)cc2)C1. The molecule has 3 rings (SSSR count). The van der Waals surface area contributed by atoms with E-state index in [0.29, 0.717) is 6.54 Å². The number of amides is 1. The topological polar surface area (TPSA) is 49.9 Å². The van der Waals surface area contributed by atoms with Gasteiger partial charge in [-0.3, -0.25) is 9.59 Å². The quantitative estimate of drug-likeness (QED) is 0.796. The Bertz CT molecular complexity index is 535. The second-order valence-corrected chi connectivity index (χ2v) is 5.64. The molecular weight excluding hydrogens is 268 g/mol. The van der Waals surface area contributed by atoms with Crippen molar-refractivity contribution in [3.63, 3.8) is 0 Å². The lowest BCUT2D eigenvalue weighted by molar-refractivity contribution is -0.145. The minimum atomic E-state index is -0.347. The zero-order valence-corrected chi connectivity index (χ0v) is 12.2. The first kappa shape index (κ1) is 13.9. The van der Waals surface area contributed by atoms with Crippen LogP contribution in [0.15, 0.2) is 24.3 Å². The molecule has 2 fully saturated rings. The van der Waals surface area contributed by atoms with Gasteiger partial charge in [-0.25, -0.2) is 0 Å². The smallest absolute Gasteiger partial charge is 0.311 e. The van der Waals surface area contributed by atoms with Crippen LogP contribution in [-0.2, 0) is 14.3 Å². The van der Waals surface area contributed by atoms with E-state index in [9.17, 15) is 9.59 Å². The van der Waals surface area contributed by atoms with Crippen molar-refractivity contribution in [3.8, 4) is 0 Å². The fraction of sp³-hybridized carbons (Fsp3) is 0.500. The van der Waals surface area contributed by atoms with Gasteiger partial charge < -0.3 is 14.5 Å². The van der Waals surface area contributed by atoms with E-state index in [1.54, 1.807) is 4.90 Å². The maximum Gasteiger partial charge on any atom is 0.311 e. The molecule has 112 valence electrons. The van der Waals surface area contributed by atoms with Crippen LogP contribution in [0.2, 0.25) is 0 Å². The Kier molecular flexibility index (Phi) is 3.82. The molecule has 5 heteroatoms. The number of nitrogens with zero attached hydrogens (tertiary/aromatic N) is 2. The Labute approximate surface area is 124 Å². The second-order valence-electron chi connectivity index (χ2n) is 5.64. The van der Waals surface area contributed by atoms with Gasteiger partial charge in [-0.1, -0.05) is 0 Å². The Morgan fingerprint density at radius 2 is 1.76 bits per heavy atom. The summed E-state index contributed by atoms with van der Waals surface area (Å²) in [6.07, 6.45) is 2.72. The van der Waals surface area contributed by atoms with Gasteiger partial charge in [-0.05, 0) is 37.1 Å². The monoisotopic (exact) mass is 288 g/mol. The molecule has 2 saturated heterocycles. The summed E-state index contributed by atoms with van der Waals surface area (Å²) >= 11 is 0. The molecule has 0 radical (unpaired) electrons. The van der Waals surface area contributed by atoms with Gasteiger partial charge in [0.15, 0.2) is 0 Å². The second kappa shape index (κ2) is 5.76. The summed E-state index contributed by atoms with van der Waals surface area (Å²) in [6.45, 7) is 2.62. The molecule has 2 aliphatic rings. The summed E-state index contributed by atoms with van der Waals surface area (Å²) in [5, 5.41) is 0. The first-order valence-electron chi connectivity index (χ1n) is 7.42. The molecule has 1 aromatic rings. The normalized spacial score (nSPS) is 22.0. The lowest BCUT2D eigenvalue weighted by Gasteiger charge is -2.20. The van der Waals surface area contributed by atoms with Gasteiger partial charge in [0.25, 0.3) is 0 Å². The number of rotatable bonds is 3. The van der Waals surface area contributed by atoms with E-state index in [1.807, 2.05) is 12.1 Å². The van der Waals surface area contributed by atoms with E-state index in [1.165, 1.54) is 25.6 Å². The predicted molar refractivity (Wildman–Crippen MR) is 80.4 cm³/mol. The van der Waals surface area contributed by atoms with Gasteiger partial charge in [0, 0.05) is 37.4 Å². The number of carbonyl (C=O) groups is 2. The number of anilines is 2. The van der Waals surface area contributed by atoms with Crippen LogP contribution in [0.4, 0.5) is 11.4 Å². The molecule has 0 unspecified atom stereocenters. The molecule has 5 nitrogen and oxygen atoms in total. The molecule has 1 aromatic carbocycles. The fourth-order valence-electron chi connectivity index (χ4n) is 3.10. The van der Waals surface area contributed by atoms with Crippen LogP contribution in [0.3, 0.4) is 0 Å². The summed E-state index contributed by atoms with van der Waals surface area (Å²) in [4.78, 5) is 27.6. The van der Waals surface area contributed by atoms with Crippen LogP contribution in [0.25, 0.3) is 0 Å². The van der Waals surface area contributed by atoms with E-state index in [4.69, 9.17) is 4.74 Å². The van der Waals surface area contributed by atoms with Crippen LogP contribution >= 0.6 is 0 Å². The van der Waals surface area contributed by atoms with Crippen LogP contribution in [0, 0.1) is 5.92 Å². The fourth-order valence-corrected chi connectivity index (χ4v) is 3.10. The molecule has 0 N–H and O–H groups in total. The van der Waals surface area contributed by atoms with Crippen molar-refractivity contribution in [2.75, 3.05) is 36.5 Å². The first-order valence-corrected chi connectivity index (χ1v) is 7.42. The van der Waals surface area contributed by atoms with Gasteiger partial charge in [-0.2, -0.15) is 0 Å². The van der Waals surface area contributed by atoms with E-state index in [2.05, 4.69) is 17.0 Å². The molecule has 2 heterocycles. The van der Waals surface area contributed by atoms with Crippen molar-refractivity contribution in [2.45, 2.75) is 19.3 Å². The standard InChI is InChI=1S/C16H20N2O3/c1-21-16(20)12-10-15(19)18(11-12)14-6-4-13(5-7-14)17-8-2-3-9-17/h4-7,12H,2-3,8-11H2,1H3/t12-/m0/s1. The average molecular weight is 288 g/mol. The summed E-state index contributed by atoms with van der Waals surface area (Å²) in [7, 11) is 1.36. The number of carbonyl (C=O) groups excluding carboxylic acids is 2. The first-order chi connectivity index (χ1) is 10.2. The molecule has 0 saturated carbocycles. The number of ether oxygens (including phenoxy) is 1. The highest BCUT2D eigenvalue weighted by Crippen LogP contribution is 2.28. The molecule has 1 amide bonds. The number of hydrogen-bond acceptors (Lipinski definition) is 4. The third kappa shape index (κ3) is 2.73. The molecular formula is C16H20N2O3. The number of methoxy groups -OCH3 is 1. The van der Waals surface area contributed by atoms with Crippen LogP contribution in [-0.4, -0.2) is 38.6 Å². The van der Waals surface area contributed by atoms with Crippen LogP contribution in [0.1, 0.15) is 19.3 Å². The minimum Gasteiger partial charge on any atom is -0.469 e. The van der Waals surface area contributed by atoms with E-state index >= 15 is 0 Å². The summed E-state index contributed by atoms with van der Waals surface area (Å²) < 4.78 is 4.73.